The average Bonchev–Trinajstić information content (AvgIpc) is 2.29. The Morgan fingerprint density at radius 2 is 2.27 bits per heavy atom. The van der Waals surface area contributed by atoms with Gasteiger partial charge in [-0.2, -0.15) is 0 Å². The summed E-state index contributed by atoms with van der Waals surface area (Å²) in [7, 11) is 1.67. The zero-order valence-corrected chi connectivity index (χ0v) is 9.28. The van der Waals surface area contributed by atoms with E-state index < -0.39 is 0 Å². The summed E-state index contributed by atoms with van der Waals surface area (Å²) < 4.78 is 5.26. The number of nitrogens with one attached hydrogen (secondary N) is 1. The summed E-state index contributed by atoms with van der Waals surface area (Å²) in [5.41, 5.74) is 5.49. The number of nitrogens with zero attached hydrogens (tertiary/aromatic N) is 2. The van der Waals surface area contributed by atoms with E-state index in [1.807, 2.05) is 6.20 Å². The van der Waals surface area contributed by atoms with Gasteiger partial charge in [0.15, 0.2) is 0 Å². The molecule has 86 valence electrons. The standard InChI is InChI=1S/C10H20N4O/c1-12-10(11)2-3-13-4-5-14-6-8-15-9-7-14/h2-3,13H,4-9H2,1H3,(H2,11,12)/b3-2-. The average molecular weight is 212 g/mol. The minimum atomic E-state index is 0.536. The fourth-order valence-corrected chi connectivity index (χ4v) is 1.35. The quantitative estimate of drug-likeness (QED) is 0.363. The van der Waals surface area contributed by atoms with Crippen LogP contribution in [0.15, 0.2) is 17.3 Å². The smallest absolute Gasteiger partial charge is 0.119 e. The van der Waals surface area contributed by atoms with Crippen LogP contribution in [0.3, 0.4) is 0 Å². The van der Waals surface area contributed by atoms with E-state index in [9.17, 15) is 0 Å². The van der Waals surface area contributed by atoms with Gasteiger partial charge in [-0.3, -0.25) is 9.89 Å². The van der Waals surface area contributed by atoms with E-state index in [0.29, 0.717) is 5.84 Å². The molecule has 0 aromatic heterocycles. The van der Waals surface area contributed by atoms with Gasteiger partial charge in [0.25, 0.3) is 0 Å². The van der Waals surface area contributed by atoms with Gasteiger partial charge in [-0.1, -0.05) is 0 Å². The Bertz CT molecular complexity index is 221. The Balaban J connectivity index is 2.03. The van der Waals surface area contributed by atoms with E-state index in [1.54, 1.807) is 13.1 Å². The number of rotatable bonds is 5. The maximum absolute atomic E-state index is 5.49. The summed E-state index contributed by atoms with van der Waals surface area (Å²) in [5.74, 6) is 0.536. The van der Waals surface area contributed by atoms with Gasteiger partial charge >= 0.3 is 0 Å². The molecule has 5 heteroatoms. The van der Waals surface area contributed by atoms with Gasteiger partial charge in [0.1, 0.15) is 5.84 Å². The molecule has 1 saturated heterocycles. The molecule has 0 atom stereocenters. The lowest BCUT2D eigenvalue weighted by molar-refractivity contribution is 0.0388. The molecule has 0 aromatic carbocycles. The van der Waals surface area contributed by atoms with Crippen molar-refractivity contribution in [1.29, 1.82) is 0 Å². The molecule has 3 N–H and O–H groups in total. The second-order valence-corrected chi connectivity index (χ2v) is 3.39. The Hall–Kier alpha value is -1.07. The van der Waals surface area contributed by atoms with E-state index in [0.717, 1.165) is 39.4 Å². The van der Waals surface area contributed by atoms with Crippen molar-refractivity contribution in [2.75, 3.05) is 46.4 Å². The third-order valence-corrected chi connectivity index (χ3v) is 2.31. The first-order chi connectivity index (χ1) is 7.33. The lowest BCUT2D eigenvalue weighted by atomic mass is 10.4. The van der Waals surface area contributed by atoms with Gasteiger partial charge in [-0.15, -0.1) is 0 Å². The van der Waals surface area contributed by atoms with Crippen molar-refractivity contribution >= 4 is 5.84 Å². The molecule has 1 fully saturated rings. The summed E-state index contributed by atoms with van der Waals surface area (Å²) in [6, 6.07) is 0. The molecule has 0 amide bonds. The van der Waals surface area contributed by atoms with E-state index in [-0.39, 0.29) is 0 Å². The molecule has 1 heterocycles. The van der Waals surface area contributed by atoms with Crippen LogP contribution in [-0.2, 0) is 4.74 Å². The number of amidine groups is 1. The van der Waals surface area contributed by atoms with E-state index >= 15 is 0 Å². The van der Waals surface area contributed by atoms with Crippen LogP contribution in [0.1, 0.15) is 0 Å². The number of morpholine rings is 1. The van der Waals surface area contributed by atoms with Crippen LogP contribution in [0.25, 0.3) is 0 Å². The van der Waals surface area contributed by atoms with Gasteiger partial charge in [0.2, 0.25) is 0 Å². The van der Waals surface area contributed by atoms with Crippen molar-refractivity contribution < 1.29 is 4.74 Å². The van der Waals surface area contributed by atoms with Crippen molar-refractivity contribution in [2.45, 2.75) is 0 Å². The normalized spacial score (nSPS) is 19.7. The number of nitrogens with two attached hydrogens (primary N) is 1. The third-order valence-electron chi connectivity index (χ3n) is 2.31. The van der Waals surface area contributed by atoms with Crippen LogP contribution < -0.4 is 11.1 Å². The minimum Gasteiger partial charge on any atom is -0.389 e. The number of hydrogen-bond acceptors (Lipinski definition) is 4. The zero-order chi connectivity index (χ0) is 10.9. The highest BCUT2D eigenvalue weighted by atomic mass is 16.5. The van der Waals surface area contributed by atoms with Gasteiger partial charge in [-0.25, -0.2) is 0 Å². The molecule has 5 nitrogen and oxygen atoms in total. The SMILES string of the molecule is CN=C(N)/C=C\NCCN1CCOCC1. The maximum Gasteiger partial charge on any atom is 0.119 e. The summed E-state index contributed by atoms with van der Waals surface area (Å²) >= 11 is 0. The monoisotopic (exact) mass is 212 g/mol. The van der Waals surface area contributed by atoms with E-state index in [1.165, 1.54) is 0 Å². The van der Waals surface area contributed by atoms with Crippen molar-refractivity contribution in [2.24, 2.45) is 10.7 Å². The first-order valence-corrected chi connectivity index (χ1v) is 5.25. The molecular formula is C10H20N4O. The van der Waals surface area contributed by atoms with Crippen molar-refractivity contribution in [1.82, 2.24) is 10.2 Å². The van der Waals surface area contributed by atoms with Gasteiger partial charge in [0.05, 0.1) is 13.2 Å². The molecule has 0 saturated carbocycles. The Kier molecular flexibility index (Phi) is 5.80. The predicted octanol–water partition coefficient (Wildman–Crippen LogP) is -0.591. The zero-order valence-electron chi connectivity index (χ0n) is 9.28. The molecular weight excluding hydrogens is 192 g/mol. The molecule has 0 spiro atoms. The molecule has 0 aliphatic carbocycles. The number of hydrogen-bond donors (Lipinski definition) is 2. The summed E-state index contributed by atoms with van der Waals surface area (Å²) in [6.45, 7) is 5.73. The minimum absolute atomic E-state index is 0.536. The fourth-order valence-electron chi connectivity index (χ4n) is 1.35. The lowest BCUT2D eigenvalue weighted by Crippen LogP contribution is -2.39. The largest absolute Gasteiger partial charge is 0.389 e. The summed E-state index contributed by atoms with van der Waals surface area (Å²) in [6.07, 6.45) is 3.60. The number of aliphatic imine (C=N–C) groups is 1. The second kappa shape index (κ2) is 7.25. The highest BCUT2D eigenvalue weighted by molar-refractivity contribution is 5.91. The third kappa shape index (κ3) is 5.39. The summed E-state index contributed by atoms with van der Waals surface area (Å²) in [5, 5.41) is 3.17. The molecule has 0 bridgehead atoms. The van der Waals surface area contributed by atoms with Gasteiger partial charge in [-0.05, 0) is 6.08 Å². The topological polar surface area (TPSA) is 62.9 Å². The van der Waals surface area contributed by atoms with Gasteiger partial charge < -0.3 is 15.8 Å². The van der Waals surface area contributed by atoms with Crippen LogP contribution in [0.4, 0.5) is 0 Å². The first kappa shape index (κ1) is 12.0. The second-order valence-electron chi connectivity index (χ2n) is 3.39. The molecule has 1 rings (SSSR count). The van der Waals surface area contributed by atoms with Gasteiger partial charge in [0, 0.05) is 39.4 Å². The van der Waals surface area contributed by atoms with Crippen LogP contribution in [-0.4, -0.2) is 57.2 Å². The lowest BCUT2D eigenvalue weighted by Gasteiger charge is -2.26. The van der Waals surface area contributed by atoms with Crippen LogP contribution >= 0.6 is 0 Å². The Morgan fingerprint density at radius 3 is 2.93 bits per heavy atom. The Labute approximate surface area is 91.0 Å². The summed E-state index contributed by atoms with van der Waals surface area (Å²) in [4.78, 5) is 6.19. The van der Waals surface area contributed by atoms with Crippen molar-refractivity contribution in [3.05, 3.63) is 12.3 Å². The highest BCUT2D eigenvalue weighted by Gasteiger charge is 2.08. The Morgan fingerprint density at radius 1 is 1.53 bits per heavy atom. The molecule has 0 aromatic rings. The highest BCUT2D eigenvalue weighted by Crippen LogP contribution is 1.94. The molecule has 15 heavy (non-hydrogen) atoms. The first-order valence-electron chi connectivity index (χ1n) is 5.25. The predicted molar refractivity (Wildman–Crippen MR) is 61.9 cm³/mol. The van der Waals surface area contributed by atoms with E-state index in [4.69, 9.17) is 10.5 Å². The van der Waals surface area contributed by atoms with Crippen LogP contribution in [0.5, 0.6) is 0 Å². The molecule has 1 aliphatic rings. The molecule has 1 aliphatic heterocycles. The molecule has 0 radical (unpaired) electrons. The van der Waals surface area contributed by atoms with Crippen molar-refractivity contribution in [3.63, 3.8) is 0 Å². The maximum atomic E-state index is 5.49. The number of ether oxygens (including phenoxy) is 1. The van der Waals surface area contributed by atoms with E-state index in [2.05, 4.69) is 15.2 Å². The van der Waals surface area contributed by atoms with Crippen LogP contribution in [0.2, 0.25) is 0 Å². The van der Waals surface area contributed by atoms with Crippen LogP contribution in [0, 0.1) is 0 Å². The van der Waals surface area contributed by atoms with Crippen molar-refractivity contribution in [3.8, 4) is 0 Å². The molecule has 0 unspecified atom stereocenters. The fraction of sp³-hybridized carbons (Fsp3) is 0.700.